The van der Waals surface area contributed by atoms with Crippen LogP contribution in [0.25, 0.3) is 0 Å². The van der Waals surface area contributed by atoms with Crippen LogP contribution in [0.4, 0.5) is 0 Å². The van der Waals surface area contributed by atoms with Crippen LogP contribution in [0.2, 0.25) is 36.3 Å². The third-order valence-electron chi connectivity index (χ3n) is 7.45. The SMILES string of the molecule is C=O.CC(C)(C)[Si](C)(C)Cl.CC(C)(C)[Si](C)(C)OCC1=CCCC1=O.O=C1C=CCC1.O=C1CCC=C1CO. The summed E-state index contributed by atoms with van der Waals surface area (Å²) in [6.45, 7) is 24.5. The lowest BCUT2D eigenvalue weighted by Crippen LogP contribution is -2.41. The molecule has 0 saturated heterocycles. The van der Waals surface area contributed by atoms with Crippen LogP contribution in [-0.4, -0.2) is 58.2 Å². The molecule has 0 amide bonds. The van der Waals surface area contributed by atoms with E-state index in [1.54, 1.807) is 12.2 Å². The number of rotatable bonds is 4. The zero-order chi connectivity index (χ0) is 31.1. The first kappa shape index (κ1) is 39.7. The first-order valence-electron chi connectivity index (χ1n) is 13.6. The molecule has 0 aliphatic heterocycles. The molecule has 0 aromatic carbocycles. The van der Waals surface area contributed by atoms with E-state index >= 15 is 0 Å². The molecule has 0 fully saturated rings. The molecule has 3 aliphatic rings. The highest BCUT2D eigenvalue weighted by Gasteiger charge is 2.37. The molecule has 0 aromatic rings. The van der Waals surface area contributed by atoms with Gasteiger partial charge < -0.3 is 14.3 Å². The summed E-state index contributed by atoms with van der Waals surface area (Å²) in [7, 11) is -3.08. The predicted octanol–water partition coefficient (Wildman–Crippen LogP) is 7.52. The Balaban J connectivity index is 0. The number of allylic oxidation sites excluding steroid dienone is 4. The third kappa shape index (κ3) is 16.4. The van der Waals surface area contributed by atoms with Crippen molar-refractivity contribution in [3.05, 3.63) is 35.5 Å². The first-order chi connectivity index (χ1) is 17.7. The van der Waals surface area contributed by atoms with Crippen molar-refractivity contribution < 1.29 is 28.7 Å². The van der Waals surface area contributed by atoms with E-state index in [4.69, 9.17) is 25.4 Å². The highest BCUT2D eigenvalue weighted by atomic mass is 35.6. The monoisotopic (exact) mass is 600 g/mol. The number of hydrogen-bond donors (Lipinski definition) is 1. The molecule has 0 radical (unpaired) electrons. The number of aliphatic hydroxyl groups is 1. The quantitative estimate of drug-likeness (QED) is 0.265. The fourth-order valence-electron chi connectivity index (χ4n) is 2.59. The second kappa shape index (κ2) is 18.1. The molecule has 0 heterocycles. The van der Waals surface area contributed by atoms with Crippen LogP contribution in [0.15, 0.2) is 35.5 Å². The molecular formula is C30H53ClO6Si2. The molecule has 0 unspecified atom stereocenters. The minimum absolute atomic E-state index is 0.0845. The van der Waals surface area contributed by atoms with Crippen molar-refractivity contribution >= 4 is 50.9 Å². The van der Waals surface area contributed by atoms with Crippen molar-refractivity contribution in [2.24, 2.45) is 0 Å². The van der Waals surface area contributed by atoms with Crippen LogP contribution in [0.1, 0.15) is 80.1 Å². The molecule has 0 saturated carbocycles. The molecule has 0 bridgehead atoms. The van der Waals surface area contributed by atoms with E-state index in [1.165, 1.54) is 0 Å². The molecule has 9 heteroatoms. The zero-order valence-corrected chi connectivity index (χ0v) is 28.8. The van der Waals surface area contributed by atoms with E-state index < -0.39 is 15.7 Å². The Kier molecular flexibility index (Phi) is 18.4. The maximum atomic E-state index is 11.4. The van der Waals surface area contributed by atoms with E-state index in [1.807, 2.05) is 18.9 Å². The Hall–Kier alpha value is -1.46. The Bertz CT molecular complexity index is 873. The molecule has 224 valence electrons. The molecule has 0 aromatic heterocycles. The first-order valence-corrected chi connectivity index (χ1v) is 20.5. The van der Waals surface area contributed by atoms with Crippen molar-refractivity contribution in [2.45, 2.75) is 116 Å². The van der Waals surface area contributed by atoms with E-state index in [0.29, 0.717) is 30.1 Å². The standard InChI is InChI=1S/C12H22O2Si.C6H15ClSi.C6H8O2.C5H6O.CH2O/c1-12(2,3)15(4,5)14-9-10-7-6-8-11(10)13;1-6(2,3)8(4,5)7;7-4-5-2-1-3-6(5)8;6-5-3-1-2-4-5;1-2/h7H,6,8-9H2,1-5H3;1-5H3;2,7H,1,3-4H2;1,3H,2,4H2;1H2. The molecular weight excluding hydrogens is 548 g/mol. The van der Waals surface area contributed by atoms with Crippen LogP contribution >= 0.6 is 11.1 Å². The number of ketones is 3. The Morgan fingerprint density at radius 1 is 0.821 bits per heavy atom. The minimum Gasteiger partial charge on any atom is -0.412 e. The normalized spacial score (nSPS) is 17.0. The molecule has 0 spiro atoms. The summed E-state index contributed by atoms with van der Waals surface area (Å²) in [5.74, 6) is 0.649. The van der Waals surface area contributed by atoms with Gasteiger partial charge >= 0.3 is 0 Å². The van der Waals surface area contributed by atoms with Gasteiger partial charge in [0.05, 0.1) is 13.2 Å². The van der Waals surface area contributed by atoms with Gasteiger partial charge in [0, 0.05) is 30.4 Å². The van der Waals surface area contributed by atoms with Crippen molar-refractivity contribution in [3.8, 4) is 0 Å². The lowest BCUT2D eigenvalue weighted by Gasteiger charge is -2.36. The van der Waals surface area contributed by atoms with Gasteiger partial charge in [0.25, 0.3) is 0 Å². The number of carbonyl (C=O) groups excluding carboxylic acids is 4. The van der Waals surface area contributed by atoms with Crippen molar-refractivity contribution in [2.75, 3.05) is 13.2 Å². The van der Waals surface area contributed by atoms with Crippen LogP contribution in [0, 0.1) is 0 Å². The Morgan fingerprint density at radius 3 is 1.46 bits per heavy atom. The molecule has 39 heavy (non-hydrogen) atoms. The average Bonchev–Trinajstić information content (AvgIpc) is 3.56. The maximum Gasteiger partial charge on any atom is 0.192 e. The Labute approximate surface area is 244 Å². The van der Waals surface area contributed by atoms with Gasteiger partial charge in [-0.2, -0.15) is 11.1 Å². The molecule has 1 N–H and O–H groups in total. The highest BCUT2D eigenvalue weighted by molar-refractivity contribution is 7.20. The van der Waals surface area contributed by atoms with E-state index in [-0.39, 0.29) is 29.0 Å². The zero-order valence-electron chi connectivity index (χ0n) is 26.0. The highest BCUT2D eigenvalue weighted by Crippen LogP contribution is 2.38. The van der Waals surface area contributed by atoms with Crippen LogP contribution in [0.3, 0.4) is 0 Å². The van der Waals surface area contributed by atoms with E-state index in [9.17, 15) is 14.4 Å². The van der Waals surface area contributed by atoms with Gasteiger partial charge in [-0.05, 0) is 48.5 Å². The molecule has 0 atom stereocenters. The lowest BCUT2D eigenvalue weighted by atomic mass is 10.2. The van der Waals surface area contributed by atoms with Crippen molar-refractivity contribution in [1.29, 1.82) is 0 Å². The van der Waals surface area contributed by atoms with E-state index in [2.05, 4.69) is 67.7 Å². The van der Waals surface area contributed by atoms with E-state index in [0.717, 1.165) is 31.3 Å². The molecule has 3 aliphatic carbocycles. The number of carbonyl (C=O) groups is 4. The van der Waals surface area contributed by atoms with Gasteiger partial charge in [-0.15, -0.1) is 0 Å². The fourth-order valence-corrected chi connectivity index (χ4v) is 3.54. The van der Waals surface area contributed by atoms with Crippen LogP contribution in [0.5, 0.6) is 0 Å². The van der Waals surface area contributed by atoms with Crippen LogP contribution < -0.4 is 0 Å². The smallest absolute Gasteiger partial charge is 0.192 e. The minimum atomic E-state index is -1.70. The maximum absolute atomic E-state index is 11.4. The summed E-state index contributed by atoms with van der Waals surface area (Å²) in [6.07, 6.45) is 12.0. The number of aliphatic hydroxyl groups excluding tert-OH is 1. The summed E-state index contributed by atoms with van der Waals surface area (Å²) in [6, 6.07) is 0. The second-order valence-corrected chi connectivity index (χ2v) is 24.8. The van der Waals surface area contributed by atoms with Gasteiger partial charge in [-0.25, -0.2) is 0 Å². The van der Waals surface area contributed by atoms with Gasteiger partial charge in [-0.3, -0.25) is 14.4 Å². The number of Topliss-reactive ketones (excluding diaryl/α,β-unsaturated/α-hetero) is 2. The summed E-state index contributed by atoms with van der Waals surface area (Å²) >= 11 is 6.15. The molecule has 6 nitrogen and oxygen atoms in total. The summed E-state index contributed by atoms with van der Waals surface area (Å²) in [5.41, 5.74) is 1.48. The second-order valence-electron chi connectivity index (χ2n) is 12.7. The van der Waals surface area contributed by atoms with Gasteiger partial charge in [0.1, 0.15) is 6.79 Å². The fraction of sp³-hybridized carbons (Fsp3) is 0.667. The van der Waals surface area contributed by atoms with Crippen molar-refractivity contribution in [3.63, 3.8) is 0 Å². The topological polar surface area (TPSA) is 97.7 Å². The summed E-state index contributed by atoms with van der Waals surface area (Å²) in [5, 5.41) is 9.01. The van der Waals surface area contributed by atoms with Gasteiger partial charge in [-0.1, -0.05) is 72.9 Å². The summed E-state index contributed by atoms with van der Waals surface area (Å²) < 4.78 is 6.00. The van der Waals surface area contributed by atoms with Gasteiger partial charge in [0.2, 0.25) is 0 Å². The lowest BCUT2D eigenvalue weighted by molar-refractivity contribution is -0.116. The Morgan fingerprint density at radius 2 is 1.26 bits per heavy atom. The number of halogens is 1. The van der Waals surface area contributed by atoms with Crippen molar-refractivity contribution in [1.82, 2.24) is 0 Å². The van der Waals surface area contributed by atoms with Crippen LogP contribution in [-0.2, 0) is 23.6 Å². The van der Waals surface area contributed by atoms with Gasteiger partial charge in [0.15, 0.2) is 33.1 Å². The predicted molar refractivity (Wildman–Crippen MR) is 168 cm³/mol. The molecule has 3 rings (SSSR count). The number of hydrogen-bond acceptors (Lipinski definition) is 6. The summed E-state index contributed by atoms with van der Waals surface area (Å²) in [4.78, 5) is 40.1. The average molecular weight is 601 g/mol. The third-order valence-corrected chi connectivity index (χ3v) is 17.2. The largest absolute Gasteiger partial charge is 0.412 e.